The minimum absolute atomic E-state index is 0.295. The Balaban J connectivity index is 2.30. The van der Waals surface area contributed by atoms with Crippen LogP contribution in [0.4, 0.5) is 10.3 Å². The maximum atomic E-state index is 13.6. The number of rotatable bonds is 4. The van der Waals surface area contributed by atoms with E-state index in [0.29, 0.717) is 30.3 Å². The van der Waals surface area contributed by atoms with Crippen LogP contribution in [0.1, 0.15) is 0 Å². The number of benzene rings is 1. The predicted octanol–water partition coefficient (Wildman–Crippen LogP) is 1.65. The van der Waals surface area contributed by atoms with Crippen molar-refractivity contribution < 1.29 is 4.39 Å². The van der Waals surface area contributed by atoms with Crippen LogP contribution in [0.25, 0.3) is 11.3 Å². The summed E-state index contributed by atoms with van der Waals surface area (Å²) in [4.78, 5) is 8.26. The van der Waals surface area contributed by atoms with E-state index in [0.717, 1.165) is 0 Å². The maximum Gasteiger partial charge on any atom is 0.223 e. The number of anilines is 1. The van der Waals surface area contributed by atoms with E-state index < -0.39 is 0 Å². The van der Waals surface area contributed by atoms with E-state index in [2.05, 4.69) is 15.3 Å². The fraction of sp³-hybridized carbons (Fsp3) is 0.167. The minimum atomic E-state index is -0.295. The predicted molar refractivity (Wildman–Crippen MR) is 65.0 cm³/mol. The highest BCUT2D eigenvalue weighted by Crippen LogP contribution is 2.20. The zero-order valence-electron chi connectivity index (χ0n) is 9.23. The lowest BCUT2D eigenvalue weighted by Gasteiger charge is -2.05. The fourth-order valence-corrected chi connectivity index (χ4v) is 1.45. The monoisotopic (exact) mass is 232 g/mol. The summed E-state index contributed by atoms with van der Waals surface area (Å²) >= 11 is 0. The Labute approximate surface area is 98.7 Å². The molecule has 1 aromatic carbocycles. The van der Waals surface area contributed by atoms with E-state index in [9.17, 15) is 4.39 Å². The molecule has 0 radical (unpaired) electrons. The quantitative estimate of drug-likeness (QED) is 0.841. The Morgan fingerprint density at radius 1 is 1.24 bits per heavy atom. The highest BCUT2D eigenvalue weighted by molar-refractivity contribution is 5.60. The fourth-order valence-electron chi connectivity index (χ4n) is 1.45. The first kappa shape index (κ1) is 11.5. The summed E-state index contributed by atoms with van der Waals surface area (Å²) in [5.41, 5.74) is 6.39. The van der Waals surface area contributed by atoms with Crippen molar-refractivity contribution in [3.05, 3.63) is 42.3 Å². The van der Waals surface area contributed by atoms with Crippen LogP contribution in [0.15, 0.2) is 36.5 Å². The van der Waals surface area contributed by atoms with E-state index in [1.807, 2.05) is 0 Å². The summed E-state index contributed by atoms with van der Waals surface area (Å²) < 4.78 is 13.6. The molecule has 0 saturated carbocycles. The molecule has 2 aromatic rings. The molecule has 3 N–H and O–H groups in total. The molecule has 0 bridgehead atoms. The zero-order valence-corrected chi connectivity index (χ0v) is 9.23. The van der Waals surface area contributed by atoms with Crippen molar-refractivity contribution in [3.63, 3.8) is 0 Å². The lowest BCUT2D eigenvalue weighted by molar-refractivity contribution is 0.630. The molecule has 0 fully saturated rings. The van der Waals surface area contributed by atoms with Crippen LogP contribution in [0.3, 0.4) is 0 Å². The molecule has 2 rings (SSSR count). The number of aromatic nitrogens is 2. The Kier molecular flexibility index (Phi) is 3.62. The average Bonchev–Trinajstić information content (AvgIpc) is 2.37. The van der Waals surface area contributed by atoms with Gasteiger partial charge in [-0.05, 0) is 18.2 Å². The van der Waals surface area contributed by atoms with Crippen LogP contribution in [-0.2, 0) is 0 Å². The largest absolute Gasteiger partial charge is 0.353 e. The van der Waals surface area contributed by atoms with E-state index in [1.165, 1.54) is 6.07 Å². The molecule has 1 heterocycles. The van der Waals surface area contributed by atoms with Gasteiger partial charge >= 0.3 is 0 Å². The van der Waals surface area contributed by atoms with E-state index in [4.69, 9.17) is 5.73 Å². The average molecular weight is 232 g/mol. The van der Waals surface area contributed by atoms with Crippen molar-refractivity contribution in [1.82, 2.24) is 9.97 Å². The van der Waals surface area contributed by atoms with Crippen molar-refractivity contribution in [2.45, 2.75) is 0 Å². The number of nitrogens with two attached hydrogens (primary N) is 1. The summed E-state index contributed by atoms with van der Waals surface area (Å²) in [6.45, 7) is 1.08. The van der Waals surface area contributed by atoms with Crippen molar-refractivity contribution >= 4 is 5.95 Å². The van der Waals surface area contributed by atoms with Crippen molar-refractivity contribution in [3.8, 4) is 11.3 Å². The van der Waals surface area contributed by atoms with Crippen LogP contribution < -0.4 is 11.1 Å². The zero-order chi connectivity index (χ0) is 12.1. The third-order valence-corrected chi connectivity index (χ3v) is 2.23. The van der Waals surface area contributed by atoms with Gasteiger partial charge in [-0.3, -0.25) is 0 Å². The van der Waals surface area contributed by atoms with Gasteiger partial charge in [-0.25, -0.2) is 14.4 Å². The first-order valence-electron chi connectivity index (χ1n) is 5.33. The van der Waals surface area contributed by atoms with E-state index in [-0.39, 0.29) is 5.82 Å². The SMILES string of the molecule is NCCNc1nccc(-c2ccccc2F)n1. The minimum Gasteiger partial charge on any atom is -0.353 e. The van der Waals surface area contributed by atoms with Gasteiger partial charge in [-0.2, -0.15) is 0 Å². The second-order valence-electron chi connectivity index (χ2n) is 3.46. The Morgan fingerprint density at radius 2 is 2.06 bits per heavy atom. The molecule has 0 aliphatic carbocycles. The molecule has 0 aliphatic heterocycles. The van der Waals surface area contributed by atoms with Gasteiger partial charge in [0.1, 0.15) is 5.82 Å². The smallest absolute Gasteiger partial charge is 0.223 e. The molecule has 5 heteroatoms. The van der Waals surface area contributed by atoms with Crippen LogP contribution in [0, 0.1) is 5.82 Å². The van der Waals surface area contributed by atoms with Gasteiger partial charge < -0.3 is 11.1 Å². The van der Waals surface area contributed by atoms with Gasteiger partial charge in [0, 0.05) is 24.8 Å². The summed E-state index contributed by atoms with van der Waals surface area (Å²) in [6.07, 6.45) is 1.59. The van der Waals surface area contributed by atoms with Gasteiger partial charge in [0.25, 0.3) is 0 Å². The van der Waals surface area contributed by atoms with Crippen molar-refractivity contribution in [1.29, 1.82) is 0 Å². The van der Waals surface area contributed by atoms with Gasteiger partial charge in [-0.1, -0.05) is 12.1 Å². The molecular weight excluding hydrogens is 219 g/mol. The molecule has 4 nitrogen and oxygen atoms in total. The second-order valence-corrected chi connectivity index (χ2v) is 3.46. The molecule has 88 valence electrons. The highest BCUT2D eigenvalue weighted by Gasteiger charge is 2.06. The summed E-state index contributed by atoms with van der Waals surface area (Å²) in [7, 11) is 0. The number of hydrogen-bond acceptors (Lipinski definition) is 4. The molecule has 17 heavy (non-hydrogen) atoms. The Hall–Kier alpha value is -2.01. The number of halogens is 1. The number of hydrogen-bond donors (Lipinski definition) is 2. The van der Waals surface area contributed by atoms with Crippen molar-refractivity contribution in [2.24, 2.45) is 5.73 Å². The molecule has 1 aromatic heterocycles. The van der Waals surface area contributed by atoms with Gasteiger partial charge in [0.05, 0.1) is 5.69 Å². The maximum absolute atomic E-state index is 13.6. The molecule has 0 amide bonds. The number of nitrogens with zero attached hydrogens (tertiary/aromatic N) is 2. The van der Waals surface area contributed by atoms with E-state index in [1.54, 1.807) is 30.5 Å². The van der Waals surface area contributed by atoms with Gasteiger partial charge in [-0.15, -0.1) is 0 Å². The third-order valence-electron chi connectivity index (χ3n) is 2.23. The molecule has 0 saturated heterocycles. The summed E-state index contributed by atoms with van der Waals surface area (Å²) in [5, 5.41) is 2.95. The molecular formula is C12H13FN4. The first-order chi connectivity index (χ1) is 8.31. The van der Waals surface area contributed by atoms with Crippen LogP contribution >= 0.6 is 0 Å². The topological polar surface area (TPSA) is 63.8 Å². The lowest BCUT2D eigenvalue weighted by atomic mass is 10.1. The summed E-state index contributed by atoms with van der Waals surface area (Å²) in [5.74, 6) is 0.159. The first-order valence-corrected chi connectivity index (χ1v) is 5.33. The molecule has 0 spiro atoms. The third kappa shape index (κ3) is 2.76. The van der Waals surface area contributed by atoms with Crippen molar-refractivity contribution in [2.75, 3.05) is 18.4 Å². The second kappa shape index (κ2) is 5.36. The van der Waals surface area contributed by atoms with Crippen LogP contribution in [0.2, 0.25) is 0 Å². The summed E-state index contributed by atoms with van der Waals surface area (Å²) in [6, 6.07) is 8.18. The van der Waals surface area contributed by atoms with Crippen LogP contribution in [0.5, 0.6) is 0 Å². The lowest BCUT2D eigenvalue weighted by Crippen LogP contribution is -2.14. The standard InChI is InChI=1S/C12H13FN4/c13-10-4-2-1-3-9(10)11-5-7-15-12(17-11)16-8-6-14/h1-5,7H,6,8,14H2,(H,15,16,17). The van der Waals surface area contributed by atoms with Crippen LogP contribution in [-0.4, -0.2) is 23.1 Å². The number of nitrogens with one attached hydrogen (secondary N) is 1. The molecule has 0 aliphatic rings. The molecule has 0 unspecified atom stereocenters. The Bertz CT molecular complexity index is 501. The Morgan fingerprint density at radius 3 is 2.82 bits per heavy atom. The van der Waals surface area contributed by atoms with Gasteiger partial charge in [0.15, 0.2) is 0 Å². The molecule has 0 atom stereocenters. The van der Waals surface area contributed by atoms with E-state index >= 15 is 0 Å². The van der Waals surface area contributed by atoms with Gasteiger partial charge in [0.2, 0.25) is 5.95 Å². The highest BCUT2D eigenvalue weighted by atomic mass is 19.1. The normalized spacial score (nSPS) is 10.2.